The number of anilines is 1. The molecule has 0 bridgehead atoms. The van der Waals surface area contributed by atoms with E-state index >= 15 is 0 Å². The lowest BCUT2D eigenvalue weighted by molar-refractivity contribution is 0.102. The minimum atomic E-state index is -0.184. The standard InChI is InChI=1S/C16H15N5OS2/c1-9-4-3-5-11(6-9)21-15(12-7-23-8-13(12)19-21)17-16(22)14-10(2)18-20-24-14/h3-6H,7-8H2,1-2H3,(H,17,22). The van der Waals surface area contributed by atoms with Crippen molar-refractivity contribution in [1.82, 2.24) is 19.4 Å². The van der Waals surface area contributed by atoms with Gasteiger partial charge in [-0.25, -0.2) is 4.68 Å². The molecule has 0 saturated heterocycles. The maximum atomic E-state index is 12.6. The van der Waals surface area contributed by atoms with E-state index in [0.717, 1.165) is 51.4 Å². The van der Waals surface area contributed by atoms with Crippen molar-refractivity contribution in [3.8, 4) is 5.69 Å². The highest BCUT2D eigenvalue weighted by Crippen LogP contribution is 2.36. The molecule has 0 atom stereocenters. The Labute approximate surface area is 147 Å². The molecule has 1 aromatic carbocycles. The quantitative estimate of drug-likeness (QED) is 0.778. The van der Waals surface area contributed by atoms with Gasteiger partial charge in [-0.2, -0.15) is 16.9 Å². The van der Waals surface area contributed by atoms with Crippen molar-refractivity contribution >= 4 is 35.0 Å². The number of amides is 1. The van der Waals surface area contributed by atoms with Gasteiger partial charge in [0.05, 0.1) is 17.1 Å². The Morgan fingerprint density at radius 2 is 2.17 bits per heavy atom. The molecule has 1 amide bonds. The lowest BCUT2D eigenvalue weighted by Gasteiger charge is -2.11. The smallest absolute Gasteiger partial charge is 0.270 e. The minimum Gasteiger partial charge on any atom is -0.305 e. The maximum absolute atomic E-state index is 12.6. The van der Waals surface area contributed by atoms with Gasteiger partial charge in [0.25, 0.3) is 5.91 Å². The summed E-state index contributed by atoms with van der Waals surface area (Å²) < 4.78 is 5.67. The third kappa shape index (κ3) is 2.61. The van der Waals surface area contributed by atoms with Crippen LogP contribution in [0.1, 0.15) is 32.2 Å². The number of thioether (sulfide) groups is 1. The molecule has 6 nitrogen and oxygen atoms in total. The van der Waals surface area contributed by atoms with E-state index in [1.807, 2.05) is 41.6 Å². The number of carbonyl (C=O) groups excluding carboxylic acids is 1. The summed E-state index contributed by atoms with van der Waals surface area (Å²) in [6.45, 7) is 3.83. The molecule has 4 rings (SSSR count). The molecule has 24 heavy (non-hydrogen) atoms. The van der Waals surface area contributed by atoms with Crippen molar-refractivity contribution in [2.24, 2.45) is 0 Å². The highest BCUT2D eigenvalue weighted by atomic mass is 32.2. The van der Waals surface area contributed by atoms with Crippen molar-refractivity contribution in [2.45, 2.75) is 25.4 Å². The molecule has 0 saturated carbocycles. The fourth-order valence-corrected chi connectivity index (χ4v) is 4.28. The minimum absolute atomic E-state index is 0.184. The van der Waals surface area contributed by atoms with Crippen LogP contribution in [0.15, 0.2) is 24.3 Å². The lowest BCUT2D eigenvalue weighted by Crippen LogP contribution is -2.16. The molecule has 1 aliphatic rings. The summed E-state index contributed by atoms with van der Waals surface area (Å²) in [6, 6.07) is 8.10. The second-order valence-electron chi connectivity index (χ2n) is 5.66. The molecule has 0 aliphatic carbocycles. The van der Waals surface area contributed by atoms with Crippen LogP contribution in [-0.4, -0.2) is 25.3 Å². The number of nitrogens with one attached hydrogen (secondary N) is 1. The van der Waals surface area contributed by atoms with Crippen LogP contribution < -0.4 is 5.32 Å². The molecule has 0 fully saturated rings. The second kappa shape index (κ2) is 6.03. The Morgan fingerprint density at radius 1 is 1.29 bits per heavy atom. The number of hydrogen-bond acceptors (Lipinski definition) is 6. The number of benzene rings is 1. The molecule has 1 N–H and O–H groups in total. The predicted octanol–water partition coefficient (Wildman–Crippen LogP) is 3.34. The summed E-state index contributed by atoms with van der Waals surface area (Å²) in [5.41, 5.74) is 4.88. The third-order valence-electron chi connectivity index (χ3n) is 3.89. The monoisotopic (exact) mass is 357 g/mol. The zero-order valence-electron chi connectivity index (χ0n) is 13.2. The SMILES string of the molecule is Cc1cccc(-n2nc3c(c2NC(=O)c2snnc2C)CSC3)c1. The van der Waals surface area contributed by atoms with Gasteiger partial charge in [0.2, 0.25) is 0 Å². The molecule has 1 aliphatic heterocycles. The first kappa shape index (κ1) is 15.3. The van der Waals surface area contributed by atoms with E-state index < -0.39 is 0 Å². The highest BCUT2D eigenvalue weighted by molar-refractivity contribution is 7.98. The first-order valence-corrected chi connectivity index (χ1v) is 9.42. The molecular weight excluding hydrogens is 342 g/mol. The van der Waals surface area contributed by atoms with E-state index in [2.05, 4.69) is 21.0 Å². The van der Waals surface area contributed by atoms with Gasteiger partial charge in [-0.3, -0.25) is 4.79 Å². The molecule has 2 aromatic heterocycles. The van der Waals surface area contributed by atoms with E-state index in [0.29, 0.717) is 10.6 Å². The van der Waals surface area contributed by atoms with Gasteiger partial charge in [-0.15, -0.1) is 5.10 Å². The maximum Gasteiger partial charge on any atom is 0.270 e. The number of nitrogens with zero attached hydrogens (tertiary/aromatic N) is 4. The Balaban J connectivity index is 1.77. The van der Waals surface area contributed by atoms with E-state index in [4.69, 9.17) is 5.10 Å². The van der Waals surface area contributed by atoms with E-state index in [-0.39, 0.29) is 5.91 Å². The molecule has 122 valence electrons. The summed E-state index contributed by atoms with van der Waals surface area (Å²) in [4.78, 5) is 13.1. The summed E-state index contributed by atoms with van der Waals surface area (Å²) >= 11 is 2.92. The van der Waals surface area contributed by atoms with Crippen LogP contribution >= 0.6 is 23.3 Å². The van der Waals surface area contributed by atoms with Crippen molar-refractivity contribution in [2.75, 3.05) is 5.32 Å². The average Bonchev–Trinajstić information content (AvgIpc) is 3.24. The molecule has 0 unspecified atom stereocenters. The Morgan fingerprint density at radius 3 is 2.92 bits per heavy atom. The normalized spacial score (nSPS) is 13.1. The fraction of sp³-hybridized carbons (Fsp3) is 0.250. The van der Waals surface area contributed by atoms with Crippen LogP contribution in [0.5, 0.6) is 0 Å². The summed E-state index contributed by atoms with van der Waals surface area (Å²) in [7, 11) is 0. The fourth-order valence-electron chi connectivity index (χ4n) is 2.69. The van der Waals surface area contributed by atoms with Crippen molar-refractivity contribution in [3.63, 3.8) is 0 Å². The van der Waals surface area contributed by atoms with Gasteiger partial charge >= 0.3 is 0 Å². The van der Waals surface area contributed by atoms with Gasteiger partial charge < -0.3 is 5.32 Å². The summed E-state index contributed by atoms with van der Waals surface area (Å²) in [6.07, 6.45) is 0. The number of hydrogen-bond donors (Lipinski definition) is 1. The van der Waals surface area contributed by atoms with Crippen LogP contribution in [0.2, 0.25) is 0 Å². The Bertz CT molecular complexity index is 930. The largest absolute Gasteiger partial charge is 0.305 e. The first-order chi connectivity index (χ1) is 11.6. The number of fused-ring (bicyclic) bond motifs is 1. The van der Waals surface area contributed by atoms with E-state index in [1.165, 1.54) is 0 Å². The molecule has 3 aromatic rings. The van der Waals surface area contributed by atoms with Crippen molar-refractivity contribution in [1.29, 1.82) is 0 Å². The van der Waals surface area contributed by atoms with Crippen LogP contribution in [0.25, 0.3) is 5.69 Å². The van der Waals surface area contributed by atoms with Crippen LogP contribution in [-0.2, 0) is 11.5 Å². The van der Waals surface area contributed by atoms with Crippen molar-refractivity contribution in [3.05, 3.63) is 51.7 Å². The topological polar surface area (TPSA) is 72.7 Å². The second-order valence-corrected chi connectivity index (χ2v) is 7.40. The average molecular weight is 357 g/mol. The van der Waals surface area contributed by atoms with Crippen LogP contribution in [0, 0.1) is 13.8 Å². The van der Waals surface area contributed by atoms with E-state index in [1.54, 1.807) is 6.92 Å². The van der Waals surface area contributed by atoms with Gasteiger partial charge in [0, 0.05) is 17.1 Å². The van der Waals surface area contributed by atoms with Crippen molar-refractivity contribution < 1.29 is 4.79 Å². The van der Waals surface area contributed by atoms with Gasteiger partial charge in [0.15, 0.2) is 0 Å². The molecule has 3 heterocycles. The van der Waals surface area contributed by atoms with E-state index in [9.17, 15) is 4.79 Å². The lowest BCUT2D eigenvalue weighted by atomic mass is 10.2. The number of carbonyl (C=O) groups is 1. The number of aromatic nitrogens is 4. The first-order valence-electron chi connectivity index (χ1n) is 7.49. The van der Waals surface area contributed by atoms with Gasteiger partial charge in [-0.05, 0) is 43.1 Å². The summed E-state index contributed by atoms with van der Waals surface area (Å²) in [5.74, 6) is 2.30. The van der Waals surface area contributed by atoms with Gasteiger partial charge in [-0.1, -0.05) is 16.6 Å². The van der Waals surface area contributed by atoms with Gasteiger partial charge in [0.1, 0.15) is 10.7 Å². The molecular formula is C16H15N5OS2. The number of aryl methyl sites for hydroxylation is 2. The Hall–Kier alpha value is -2.19. The predicted molar refractivity (Wildman–Crippen MR) is 95.9 cm³/mol. The highest BCUT2D eigenvalue weighted by Gasteiger charge is 2.26. The summed E-state index contributed by atoms with van der Waals surface area (Å²) in [5, 5.41) is 11.7. The molecule has 8 heteroatoms. The molecule has 0 spiro atoms. The molecule has 0 radical (unpaired) electrons. The van der Waals surface area contributed by atoms with Crippen LogP contribution in [0.3, 0.4) is 0 Å². The number of rotatable bonds is 3. The zero-order valence-corrected chi connectivity index (χ0v) is 14.9. The Kier molecular flexibility index (Phi) is 3.85. The third-order valence-corrected chi connectivity index (χ3v) is 5.68. The van der Waals surface area contributed by atoms with Crippen LogP contribution in [0.4, 0.5) is 5.82 Å². The zero-order chi connectivity index (χ0) is 16.7.